The van der Waals surface area contributed by atoms with E-state index in [0.717, 1.165) is 0 Å². The summed E-state index contributed by atoms with van der Waals surface area (Å²) in [4.78, 5) is 12.5. The van der Waals surface area contributed by atoms with E-state index in [9.17, 15) is 4.79 Å². The molecule has 5 rings (SSSR count). The van der Waals surface area contributed by atoms with Crippen LogP contribution in [0.5, 0.6) is 0 Å². The first-order valence-corrected chi connectivity index (χ1v) is 6.99. The van der Waals surface area contributed by atoms with Crippen LogP contribution in [0.3, 0.4) is 0 Å². The van der Waals surface area contributed by atoms with Crippen LogP contribution in [0, 0.1) is 29.1 Å². The number of allylic oxidation sites excluding steroid dienone is 2. The molecule has 4 aliphatic carbocycles. The topological polar surface area (TPSA) is 29.6 Å². The zero-order chi connectivity index (χ0) is 11.8. The van der Waals surface area contributed by atoms with Crippen LogP contribution in [-0.2, 0) is 9.53 Å². The van der Waals surface area contributed by atoms with Crippen molar-refractivity contribution < 1.29 is 9.53 Å². The molecule has 2 nitrogen and oxygen atoms in total. The molecule has 0 amide bonds. The van der Waals surface area contributed by atoms with Gasteiger partial charge in [-0.2, -0.15) is 0 Å². The largest absolute Gasteiger partial charge is 0.369 e. The van der Waals surface area contributed by atoms with Gasteiger partial charge in [-0.25, -0.2) is 0 Å². The molecule has 0 aromatic carbocycles. The van der Waals surface area contributed by atoms with Crippen LogP contribution in [-0.4, -0.2) is 18.0 Å². The smallest absolute Gasteiger partial charge is 0.146 e. The summed E-state index contributed by atoms with van der Waals surface area (Å²) in [7, 11) is 0. The van der Waals surface area contributed by atoms with E-state index in [4.69, 9.17) is 4.74 Å². The fraction of sp³-hybridized carbons (Fsp3) is 0.800. The standard InChI is InChI=1S/C15H20O2/c1-15(2)10-7-6-9(14(15)16)12-8(10)4-3-5-11-13(12)17-11/h6-13H,3-5H2,1-2H3/t8-,9-,10+,11+,12-,13+/m0/s1. The lowest BCUT2D eigenvalue weighted by molar-refractivity contribution is -0.144. The Labute approximate surface area is 102 Å². The van der Waals surface area contributed by atoms with Gasteiger partial charge in [-0.05, 0) is 24.7 Å². The van der Waals surface area contributed by atoms with E-state index >= 15 is 0 Å². The normalized spacial score (nSPS) is 53.9. The molecule has 0 spiro atoms. The maximum Gasteiger partial charge on any atom is 0.146 e. The van der Waals surface area contributed by atoms with Crippen molar-refractivity contribution in [1.29, 1.82) is 0 Å². The number of carbonyl (C=O) groups is 1. The van der Waals surface area contributed by atoms with E-state index in [2.05, 4.69) is 26.0 Å². The molecule has 1 heterocycles. The Morgan fingerprint density at radius 3 is 2.94 bits per heavy atom. The quantitative estimate of drug-likeness (QED) is 0.474. The predicted molar refractivity (Wildman–Crippen MR) is 64.4 cm³/mol. The zero-order valence-corrected chi connectivity index (χ0v) is 10.6. The van der Waals surface area contributed by atoms with Gasteiger partial charge in [0.25, 0.3) is 0 Å². The van der Waals surface area contributed by atoms with Crippen LogP contribution >= 0.6 is 0 Å². The number of epoxide rings is 1. The number of rotatable bonds is 0. The minimum atomic E-state index is -0.144. The van der Waals surface area contributed by atoms with Crippen molar-refractivity contribution in [3.8, 4) is 0 Å². The average Bonchev–Trinajstić information content (AvgIpc) is 3.03. The molecule has 2 saturated carbocycles. The molecule has 0 N–H and O–H groups in total. The van der Waals surface area contributed by atoms with Gasteiger partial charge in [-0.3, -0.25) is 4.79 Å². The van der Waals surface area contributed by atoms with Gasteiger partial charge in [0.15, 0.2) is 0 Å². The lowest BCUT2D eigenvalue weighted by atomic mass is 9.50. The summed E-state index contributed by atoms with van der Waals surface area (Å²) in [5.41, 5.74) is -0.144. The highest BCUT2D eigenvalue weighted by molar-refractivity contribution is 5.91. The Balaban J connectivity index is 1.79. The average molecular weight is 232 g/mol. The van der Waals surface area contributed by atoms with Crippen LogP contribution in [0.2, 0.25) is 0 Å². The monoisotopic (exact) mass is 232 g/mol. The van der Waals surface area contributed by atoms with Crippen molar-refractivity contribution in [3.05, 3.63) is 12.2 Å². The molecular weight excluding hydrogens is 212 g/mol. The Morgan fingerprint density at radius 1 is 1.29 bits per heavy atom. The number of hydrogen-bond donors (Lipinski definition) is 0. The highest BCUT2D eigenvalue weighted by atomic mass is 16.6. The molecule has 92 valence electrons. The summed E-state index contributed by atoms with van der Waals surface area (Å²) < 4.78 is 5.81. The number of fused-ring (bicyclic) bond motifs is 2. The van der Waals surface area contributed by atoms with Crippen LogP contribution < -0.4 is 0 Å². The summed E-state index contributed by atoms with van der Waals surface area (Å²) in [6.45, 7) is 4.28. The second-order valence-corrected chi connectivity index (χ2v) is 6.83. The first-order valence-electron chi connectivity index (χ1n) is 6.99. The number of ketones is 1. The molecule has 0 aromatic heterocycles. The molecule has 0 unspecified atom stereocenters. The van der Waals surface area contributed by atoms with Crippen molar-refractivity contribution in [3.63, 3.8) is 0 Å². The second kappa shape index (κ2) is 3.03. The van der Waals surface area contributed by atoms with Crippen molar-refractivity contribution in [1.82, 2.24) is 0 Å². The van der Waals surface area contributed by atoms with Crippen molar-refractivity contribution in [2.24, 2.45) is 29.1 Å². The number of ether oxygens (including phenoxy) is 1. The minimum Gasteiger partial charge on any atom is -0.369 e. The molecular formula is C15H20O2. The first kappa shape index (κ1) is 10.3. The minimum absolute atomic E-state index is 0.144. The summed E-state index contributed by atoms with van der Waals surface area (Å²) in [6.07, 6.45) is 9.19. The van der Waals surface area contributed by atoms with E-state index < -0.39 is 0 Å². The Morgan fingerprint density at radius 2 is 2.12 bits per heavy atom. The Kier molecular flexibility index (Phi) is 1.84. The van der Waals surface area contributed by atoms with Crippen molar-refractivity contribution in [2.75, 3.05) is 0 Å². The number of carbonyl (C=O) groups excluding carboxylic acids is 1. The Hall–Kier alpha value is -0.630. The second-order valence-electron chi connectivity index (χ2n) is 6.83. The Bertz CT molecular complexity index is 409. The fourth-order valence-corrected chi connectivity index (χ4v) is 4.75. The first-order chi connectivity index (χ1) is 8.10. The summed E-state index contributed by atoms with van der Waals surface area (Å²) in [6, 6.07) is 0. The molecule has 1 saturated heterocycles. The van der Waals surface area contributed by atoms with E-state index in [1.54, 1.807) is 0 Å². The van der Waals surface area contributed by atoms with Crippen molar-refractivity contribution >= 4 is 5.78 Å². The van der Waals surface area contributed by atoms with E-state index in [-0.39, 0.29) is 11.3 Å². The van der Waals surface area contributed by atoms with Crippen LogP contribution in [0.15, 0.2) is 12.2 Å². The highest BCUT2D eigenvalue weighted by Gasteiger charge is 2.62. The van der Waals surface area contributed by atoms with Gasteiger partial charge in [0.2, 0.25) is 0 Å². The van der Waals surface area contributed by atoms with Gasteiger partial charge >= 0.3 is 0 Å². The van der Waals surface area contributed by atoms with E-state index in [1.807, 2.05) is 0 Å². The van der Waals surface area contributed by atoms with Gasteiger partial charge in [-0.15, -0.1) is 0 Å². The molecule has 17 heavy (non-hydrogen) atoms. The van der Waals surface area contributed by atoms with Gasteiger partial charge in [0, 0.05) is 17.3 Å². The maximum atomic E-state index is 12.5. The van der Waals surface area contributed by atoms with Crippen LogP contribution in [0.4, 0.5) is 0 Å². The maximum absolute atomic E-state index is 12.5. The van der Waals surface area contributed by atoms with E-state index in [0.29, 0.717) is 35.7 Å². The fourth-order valence-electron chi connectivity index (χ4n) is 4.75. The molecule has 2 bridgehead atoms. The molecule has 3 fully saturated rings. The molecule has 0 radical (unpaired) electrons. The van der Waals surface area contributed by atoms with Crippen LogP contribution in [0.1, 0.15) is 33.1 Å². The number of hydrogen-bond acceptors (Lipinski definition) is 2. The van der Waals surface area contributed by atoms with Gasteiger partial charge < -0.3 is 4.74 Å². The van der Waals surface area contributed by atoms with Crippen LogP contribution in [0.25, 0.3) is 0 Å². The molecule has 0 aromatic rings. The lowest BCUT2D eigenvalue weighted by Gasteiger charge is -2.52. The predicted octanol–water partition coefficient (Wildman–Crippen LogP) is 2.58. The third-order valence-electron chi connectivity index (χ3n) is 5.69. The molecule has 6 atom stereocenters. The third-order valence-corrected chi connectivity index (χ3v) is 5.69. The molecule has 5 aliphatic rings. The van der Waals surface area contributed by atoms with Crippen molar-refractivity contribution in [2.45, 2.75) is 45.3 Å². The zero-order valence-electron chi connectivity index (χ0n) is 10.6. The third kappa shape index (κ3) is 1.17. The van der Waals surface area contributed by atoms with Gasteiger partial charge in [-0.1, -0.05) is 32.4 Å². The summed E-state index contributed by atoms with van der Waals surface area (Å²) in [5, 5.41) is 0. The molecule has 2 heteroatoms. The van der Waals surface area contributed by atoms with E-state index in [1.165, 1.54) is 19.3 Å². The summed E-state index contributed by atoms with van der Waals surface area (Å²) >= 11 is 0. The molecule has 1 aliphatic heterocycles. The SMILES string of the molecule is CC1(C)C(=O)[C@H]2C=C[C@@H]1[C@@H]1CCC[C@H]3O[C@H]3[C@@H]12. The highest BCUT2D eigenvalue weighted by Crippen LogP contribution is 2.59. The number of Topliss-reactive ketones (excluding diaryl/α,β-unsaturated/α-hetero) is 1. The van der Waals surface area contributed by atoms with Gasteiger partial charge in [0.05, 0.1) is 12.2 Å². The van der Waals surface area contributed by atoms with Gasteiger partial charge in [0.1, 0.15) is 5.78 Å². The lowest BCUT2D eigenvalue weighted by Crippen LogP contribution is -2.54. The summed E-state index contributed by atoms with van der Waals surface area (Å²) in [5.74, 6) is 2.25.